The normalized spacial score (nSPS) is 10.6. The molecule has 0 aliphatic rings. The molecule has 0 aromatic carbocycles. The summed E-state index contributed by atoms with van der Waals surface area (Å²) >= 11 is 5.76. The topological polar surface area (TPSA) is 59.1 Å². The molecule has 16 heavy (non-hydrogen) atoms. The van der Waals surface area contributed by atoms with Gasteiger partial charge in [0.1, 0.15) is 4.90 Å². The van der Waals surface area contributed by atoms with E-state index in [0.717, 1.165) is 0 Å². The number of sulfonamides is 1. The Kier molecular flexibility index (Phi) is 4.74. The third-order valence-electron chi connectivity index (χ3n) is 1.74. The third kappa shape index (κ3) is 3.49. The molecule has 0 aliphatic carbocycles. The van der Waals surface area contributed by atoms with Gasteiger partial charge >= 0.3 is 0 Å². The molecule has 1 aromatic rings. The SMILES string of the molecule is CC#CCCNS(=O)(=O)c1cnccc1Cl. The zero-order valence-electron chi connectivity index (χ0n) is 8.70. The zero-order valence-corrected chi connectivity index (χ0v) is 10.3. The molecule has 0 amide bonds. The highest BCUT2D eigenvalue weighted by atomic mass is 35.5. The first-order chi connectivity index (χ1) is 7.58. The quantitative estimate of drug-likeness (QED) is 0.657. The van der Waals surface area contributed by atoms with Crippen molar-refractivity contribution in [1.82, 2.24) is 9.71 Å². The summed E-state index contributed by atoms with van der Waals surface area (Å²) in [6, 6.07) is 1.43. The number of hydrogen-bond acceptors (Lipinski definition) is 3. The van der Waals surface area contributed by atoms with Crippen LogP contribution in [0.2, 0.25) is 5.02 Å². The molecule has 0 saturated carbocycles. The first-order valence-corrected chi connectivity index (χ1v) is 6.43. The molecular formula is C10H11ClN2O2S. The maximum Gasteiger partial charge on any atom is 0.243 e. The molecule has 1 heterocycles. The van der Waals surface area contributed by atoms with Crippen molar-refractivity contribution in [2.75, 3.05) is 6.54 Å². The van der Waals surface area contributed by atoms with Gasteiger partial charge in [-0.15, -0.1) is 11.8 Å². The first-order valence-electron chi connectivity index (χ1n) is 4.56. The largest absolute Gasteiger partial charge is 0.263 e. The lowest BCUT2D eigenvalue weighted by molar-refractivity contribution is 0.582. The van der Waals surface area contributed by atoms with Gasteiger partial charge in [0.15, 0.2) is 0 Å². The lowest BCUT2D eigenvalue weighted by atomic mass is 10.4. The van der Waals surface area contributed by atoms with Gasteiger partial charge in [-0.2, -0.15) is 0 Å². The second-order valence-electron chi connectivity index (χ2n) is 2.88. The fourth-order valence-electron chi connectivity index (χ4n) is 1.01. The minimum Gasteiger partial charge on any atom is -0.263 e. The molecular weight excluding hydrogens is 248 g/mol. The Morgan fingerprint density at radius 3 is 2.94 bits per heavy atom. The van der Waals surface area contributed by atoms with Gasteiger partial charge in [-0.3, -0.25) is 4.98 Å². The molecule has 0 aliphatic heterocycles. The monoisotopic (exact) mass is 258 g/mol. The molecule has 0 spiro atoms. The second kappa shape index (κ2) is 5.85. The van der Waals surface area contributed by atoms with Crippen LogP contribution in [-0.2, 0) is 10.0 Å². The fraction of sp³-hybridized carbons (Fsp3) is 0.300. The first kappa shape index (κ1) is 13.0. The fourth-order valence-corrected chi connectivity index (χ4v) is 2.47. The van der Waals surface area contributed by atoms with Crippen molar-refractivity contribution >= 4 is 21.6 Å². The van der Waals surface area contributed by atoms with Gasteiger partial charge in [0.25, 0.3) is 0 Å². The molecule has 1 rings (SSSR count). The average Bonchev–Trinajstić information content (AvgIpc) is 2.25. The van der Waals surface area contributed by atoms with Crippen LogP contribution in [0.25, 0.3) is 0 Å². The molecule has 6 heteroatoms. The lowest BCUT2D eigenvalue weighted by Gasteiger charge is -2.05. The van der Waals surface area contributed by atoms with Crippen molar-refractivity contribution in [3.63, 3.8) is 0 Å². The van der Waals surface area contributed by atoms with Crippen LogP contribution in [-0.4, -0.2) is 19.9 Å². The van der Waals surface area contributed by atoms with Crippen molar-refractivity contribution < 1.29 is 8.42 Å². The van der Waals surface area contributed by atoms with E-state index in [9.17, 15) is 8.42 Å². The van der Waals surface area contributed by atoms with Crippen molar-refractivity contribution in [2.45, 2.75) is 18.2 Å². The van der Waals surface area contributed by atoms with Crippen molar-refractivity contribution in [3.05, 3.63) is 23.5 Å². The predicted molar refractivity (Wildman–Crippen MR) is 62.5 cm³/mol. The molecule has 1 N–H and O–H groups in total. The zero-order chi connectivity index (χ0) is 12.0. The van der Waals surface area contributed by atoms with Gasteiger partial charge in [-0.1, -0.05) is 11.6 Å². The van der Waals surface area contributed by atoms with Crippen LogP contribution < -0.4 is 4.72 Å². The summed E-state index contributed by atoms with van der Waals surface area (Å²) in [4.78, 5) is 3.71. The van der Waals surface area contributed by atoms with E-state index in [1.807, 2.05) is 0 Å². The van der Waals surface area contributed by atoms with E-state index in [-0.39, 0.29) is 16.5 Å². The summed E-state index contributed by atoms with van der Waals surface area (Å²) < 4.78 is 25.9. The Bertz CT molecular complexity index is 517. The van der Waals surface area contributed by atoms with E-state index >= 15 is 0 Å². The van der Waals surface area contributed by atoms with Crippen molar-refractivity contribution in [1.29, 1.82) is 0 Å². The molecule has 0 unspecified atom stereocenters. The molecule has 0 fully saturated rings. The number of hydrogen-bond donors (Lipinski definition) is 1. The minimum atomic E-state index is -3.58. The number of halogens is 1. The smallest absolute Gasteiger partial charge is 0.243 e. The van der Waals surface area contributed by atoms with E-state index in [1.54, 1.807) is 6.92 Å². The number of nitrogens with zero attached hydrogens (tertiary/aromatic N) is 1. The van der Waals surface area contributed by atoms with Gasteiger partial charge in [0.2, 0.25) is 10.0 Å². The highest BCUT2D eigenvalue weighted by Gasteiger charge is 2.16. The lowest BCUT2D eigenvalue weighted by Crippen LogP contribution is -2.25. The second-order valence-corrected chi connectivity index (χ2v) is 5.02. The van der Waals surface area contributed by atoms with Crippen LogP contribution >= 0.6 is 11.6 Å². The van der Waals surface area contributed by atoms with E-state index < -0.39 is 10.0 Å². The van der Waals surface area contributed by atoms with Crippen molar-refractivity contribution in [3.8, 4) is 11.8 Å². The maximum absolute atomic E-state index is 11.7. The molecule has 0 radical (unpaired) electrons. The van der Waals surface area contributed by atoms with E-state index in [0.29, 0.717) is 6.42 Å². The predicted octanol–water partition coefficient (Wildman–Crippen LogP) is 1.43. The number of rotatable bonds is 4. The summed E-state index contributed by atoms with van der Waals surface area (Å²) in [5.74, 6) is 5.44. The molecule has 0 bridgehead atoms. The van der Waals surface area contributed by atoms with E-state index in [2.05, 4.69) is 21.5 Å². The van der Waals surface area contributed by atoms with Crippen LogP contribution in [0.4, 0.5) is 0 Å². The standard InChI is InChI=1S/C10H11ClN2O2S/c1-2-3-4-6-13-16(14,15)10-8-12-7-5-9(10)11/h5,7-8,13H,4,6H2,1H3. The number of pyridine rings is 1. The average molecular weight is 259 g/mol. The van der Waals surface area contributed by atoms with Gasteiger partial charge in [0, 0.05) is 25.4 Å². The highest BCUT2D eigenvalue weighted by Crippen LogP contribution is 2.18. The van der Waals surface area contributed by atoms with E-state index in [4.69, 9.17) is 11.6 Å². The van der Waals surface area contributed by atoms with Crippen LogP contribution in [0.15, 0.2) is 23.4 Å². The Morgan fingerprint density at radius 2 is 2.31 bits per heavy atom. The van der Waals surface area contributed by atoms with Gasteiger partial charge in [0.05, 0.1) is 5.02 Å². The Balaban J connectivity index is 2.78. The van der Waals surface area contributed by atoms with Crippen LogP contribution in [0.1, 0.15) is 13.3 Å². The van der Waals surface area contributed by atoms with Gasteiger partial charge in [-0.25, -0.2) is 13.1 Å². The third-order valence-corrected chi connectivity index (χ3v) is 3.67. The molecule has 0 atom stereocenters. The summed E-state index contributed by atoms with van der Waals surface area (Å²) in [6.07, 6.45) is 3.12. The summed E-state index contributed by atoms with van der Waals surface area (Å²) in [7, 11) is -3.58. The molecule has 4 nitrogen and oxygen atoms in total. The molecule has 1 aromatic heterocycles. The summed E-state index contributed by atoms with van der Waals surface area (Å²) in [5, 5.41) is 0.157. The van der Waals surface area contributed by atoms with Crippen LogP contribution in [0, 0.1) is 11.8 Å². The summed E-state index contributed by atoms with van der Waals surface area (Å²) in [6.45, 7) is 1.96. The van der Waals surface area contributed by atoms with E-state index in [1.165, 1.54) is 18.5 Å². The maximum atomic E-state index is 11.7. The van der Waals surface area contributed by atoms with Crippen LogP contribution in [0.3, 0.4) is 0 Å². The van der Waals surface area contributed by atoms with Crippen LogP contribution in [0.5, 0.6) is 0 Å². The Labute approximate surface area is 100 Å². The molecule has 0 saturated heterocycles. The Morgan fingerprint density at radius 1 is 1.56 bits per heavy atom. The van der Waals surface area contributed by atoms with Gasteiger partial charge in [-0.05, 0) is 13.0 Å². The number of nitrogens with one attached hydrogen (secondary N) is 1. The summed E-state index contributed by atoms with van der Waals surface area (Å²) in [5.41, 5.74) is 0. The van der Waals surface area contributed by atoms with Crippen molar-refractivity contribution in [2.24, 2.45) is 0 Å². The van der Waals surface area contributed by atoms with Gasteiger partial charge < -0.3 is 0 Å². The number of aromatic nitrogens is 1. The minimum absolute atomic E-state index is 0.0128. The Hall–Kier alpha value is -1.09. The molecule has 86 valence electrons. The highest BCUT2D eigenvalue weighted by molar-refractivity contribution is 7.89.